The van der Waals surface area contributed by atoms with E-state index in [4.69, 9.17) is 15.2 Å². The first-order chi connectivity index (χ1) is 17.8. The minimum absolute atomic E-state index is 0.0141. The average molecular weight is 509 g/mol. The predicted molar refractivity (Wildman–Crippen MR) is 140 cm³/mol. The molecule has 0 bridgehead atoms. The topological polar surface area (TPSA) is 127 Å². The number of para-hydroxylation sites is 1. The van der Waals surface area contributed by atoms with E-state index >= 15 is 0 Å². The van der Waals surface area contributed by atoms with E-state index in [1.807, 2.05) is 17.0 Å². The molecule has 0 amide bonds. The number of ether oxygens (including phenoxy) is 2. The van der Waals surface area contributed by atoms with Crippen LogP contribution in [0.15, 0.2) is 33.9 Å². The Bertz CT molecular complexity index is 1490. The number of rotatable bonds is 7. The summed E-state index contributed by atoms with van der Waals surface area (Å²) in [6, 6.07) is 7.16. The number of imidazole rings is 1. The molecule has 1 aliphatic heterocycles. The Hall–Kier alpha value is -4.04. The molecule has 0 saturated carbocycles. The monoisotopic (exact) mass is 508 g/mol. The molecule has 2 N–H and O–H groups in total. The highest BCUT2D eigenvalue weighted by atomic mass is 16.5. The molecule has 11 heteroatoms. The van der Waals surface area contributed by atoms with Gasteiger partial charge in [0, 0.05) is 31.7 Å². The summed E-state index contributed by atoms with van der Waals surface area (Å²) in [6.07, 6.45) is 1.15. The minimum Gasteiger partial charge on any atom is -0.496 e. The van der Waals surface area contributed by atoms with Gasteiger partial charge in [-0.05, 0) is 32.8 Å². The van der Waals surface area contributed by atoms with Gasteiger partial charge >= 0.3 is 11.7 Å². The fraction of sp³-hybridized carbons (Fsp3) is 0.462. The molecule has 1 fully saturated rings. The number of aromatic nitrogens is 4. The second-order valence-electron chi connectivity index (χ2n) is 9.05. The third kappa shape index (κ3) is 5.11. The van der Waals surface area contributed by atoms with Gasteiger partial charge in [-0.2, -0.15) is 4.98 Å². The third-order valence-electron chi connectivity index (χ3n) is 6.54. The molecule has 0 spiro atoms. The van der Waals surface area contributed by atoms with Crippen LogP contribution in [0.4, 0.5) is 5.95 Å². The summed E-state index contributed by atoms with van der Waals surface area (Å²) in [5, 5.41) is 0. The van der Waals surface area contributed by atoms with E-state index in [0.29, 0.717) is 23.8 Å². The van der Waals surface area contributed by atoms with Crippen LogP contribution in [0.25, 0.3) is 11.2 Å². The zero-order chi connectivity index (χ0) is 26.7. The summed E-state index contributed by atoms with van der Waals surface area (Å²) < 4.78 is 14.8. The molecule has 3 aromatic rings. The first-order valence-electron chi connectivity index (χ1n) is 12.2. The van der Waals surface area contributed by atoms with Crippen LogP contribution in [0.5, 0.6) is 5.75 Å². The average Bonchev–Trinajstić information content (AvgIpc) is 3.28. The van der Waals surface area contributed by atoms with Gasteiger partial charge in [0.05, 0.1) is 13.7 Å². The maximum Gasteiger partial charge on any atom is 0.333 e. The molecule has 1 aromatic carbocycles. The first-order valence-corrected chi connectivity index (χ1v) is 12.2. The van der Waals surface area contributed by atoms with Crippen LogP contribution in [0.3, 0.4) is 0 Å². The van der Waals surface area contributed by atoms with Crippen LogP contribution in [-0.4, -0.2) is 50.9 Å². The van der Waals surface area contributed by atoms with Crippen molar-refractivity contribution in [2.24, 2.45) is 12.8 Å². The molecule has 1 saturated heterocycles. The Morgan fingerprint density at radius 1 is 1.27 bits per heavy atom. The Morgan fingerprint density at radius 2 is 2.03 bits per heavy atom. The lowest BCUT2D eigenvalue weighted by Gasteiger charge is -2.31. The van der Waals surface area contributed by atoms with E-state index in [-0.39, 0.29) is 23.8 Å². The summed E-state index contributed by atoms with van der Waals surface area (Å²) in [5.41, 5.74) is 6.00. The predicted octanol–water partition coefficient (Wildman–Crippen LogP) is 1.16. The number of hydrogen-bond donors (Lipinski definition) is 1. The standard InChI is InChI=1S/C26H32N6O5/c1-5-6-14-31-22-23(28-25(31)30-13-9-10-18(27)15-30)29(3)26(35)32(24(22)34)16-21(33)37-17(2)19-11-7-8-12-20(19)36-4/h7-8,11-12,17-18H,9-10,13-16,27H2,1-4H3. The number of methoxy groups -OCH3 is 1. The van der Waals surface area contributed by atoms with Crippen molar-refractivity contribution in [3.63, 3.8) is 0 Å². The van der Waals surface area contributed by atoms with Crippen LogP contribution >= 0.6 is 0 Å². The summed E-state index contributed by atoms with van der Waals surface area (Å²) in [4.78, 5) is 46.3. The van der Waals surface area contributed by atoms with Crippen molar-refractivity contribution >= 4 is 23.1 Å². The van der Waals surface area contributed by atoms with Gasteiger partial charge in [-0.15, -0.1) is 5.92 Å². The molecule has 2 atom stereocenters. The van der Waals surface area contributed by atoms with Gasteiger partial charge in [-0.1, -0.05) is 24.1 Å². The fourth-order valence-electron chi connectivity index (χ4n) is 4.67. The van der Waals surface area contributed by atoms with Crippen LogP contribution in [0.2, 0.25) is 0 Å². The molecule has 0 radical (unpaired) electrons. The van der Waals surface area contributed by atoms with E-state index in [1.54, 1.807) is 30.5 Å². The highest BCUT2D eigenvalue weighted by Gasteiger charge is 2.27. The van der Waals surface area contributed by atoms with E-state index in [1.165, 1.54) is 18.7 Å². The number of carbonyl (C=O) groups is 1. The first kappa shape index (κ1) is 26.0. The van der Waals surface area contributed by atoms with Gasteiger partial charge in [0.2, 0.25) is 5.95 Å². The number of carbonyl (C=O) groups excluding carboxylic acids is 1. The zero-order valence-corrected chi connectivity index (χ0v) is 21.6. The Balaban J connectivity index is 1.73. The second-order valence-corrected chi connectivity index (χ2v) is 9.05. The van der Waals surface area contributed by atoms with Crippen molar-refractivity contribution in [1.82, 2.24) is 18.7 Å². The fourth-order valence-corrected chi connectivity index (χ4v) is 4.67. The molecule has 196 valence electrons. The third-order valence-corrected chi connectivity index (χ3v) is 6.54. The van der Waals surface area contributed by atoms with E-state index in [2.05, 4.69) is 16.8 Å². The lowest BCUT2D eigenvalue weighted by molar-refractivity contribution is -0.149. The van der Waals surface area contributed by atoms with E-state index in [0.717, 1.165) is 24.0 Å². The zero-order valence-electron chi connectivity index (χ0n) is 21.6. The minimum atomic E-state index is -0.724. The largest absolute Gasteiger partial charge is 0.496 e. The molecule has 4 rings (SSSR count). The van der Waals surface area contributed by atoms with Gasteiger partial charge in [-0.25, -0.2) is 9.36 Å². The molecular weight excluding hydrogens is 476 g/mol. The van der Waals surface area contributed by atoms with Crippen molar-refractivity contribution < 1.29 is 14.3 Å². The number of nitrogens with zero attached hydrogens (tertiary/aromatic N) is 5. The second kappa shape index (κ2) is 10.9. The molecular formula is C26H32N6O5. The SMILES string of the molecule is CC#CCn1c(N2CCCC(N)C2)nc2c1c(=O)n(CC(=O)OC(C)c1ccccc1OC)c(=O)n2C. The molecule has 1 aliphatic rings. The van der Waals surface area contributed by atoms with E-state index in [9.17, 15) is 14.4 Å². The molecule has 2 unspecified atom stereocenters. The molecule has 37 heavy (non-hydrogen) atoms. The van der Waals surface area contributed by atoms with Crippen LogP contribution < -0.4 is 26.6 Å². The number of anilines is 1. The van der Waals surface area contributed by atoms with Gasteiger partial charge in [0.25, 0.3) is 5.56 Å². The number of esters is 1. The Morgan fingerprint density at radius 3 is 2.73 bits per heavy atom. The lowest BCUT2D eigenvalue weighted by Crippen LogP contribution is -2.44. The molecule has 11 nitrogen and oxygen atoms in total. The van der Waals surface area contributed by atoms with Crippen molar-refractivity contribution in [2.45, 2.75) is 51.9 Å². The van der Waals surface area contributed by atoms with Crippen LogP contribution in [-0.2, 0) is 29.7 Å². The van der Waals surface area contributed by atoms with Gasteiger partial charge in [0.1, 0.15) is 18.4 Å². The highest BCUT2D eigenvalue weighted by Crippen LogP contribution is 2.27. The van der Waals surface area contributed by atoms with Crippen molar-refractivity contribution in [2.75, 3.05) is 25.1 Å². The van der Waals surface area contributed by atoms with Crippen LogP contribution in [0, 0.1) is 11.8 Å². The van der Waals surface area contributed by atoms with Crippen LogP contribution in [0.1, 0.15) is 38.4 Å². The number of benzene rings is 1. The number of nitrogens with two attached hydrogens (primary N) is 1. The number of piperidine rings is 1. The number of fused-ring (bicyclic) bond motifs is 1. The maximum absolute atomic E-state index is 13.6. The van der Waals surface area contributed by atoms with Gasteiger partial charge in [-0.3, -0.25) is 18.7 Å². The summed E-state index contributed by atoms with van der Waals surface area (Å²) in [5.74, 6) is 6.21. The highest BCUT2D eigenvalue weighted by molar-refractivity contribution is 5.76. The summed E-state index contributed by atoms with van der Waals surface area (Å²) >= 11 is 0. The van der Waals surface area contributed by atoms with Gasteiger partial charge in [0.15, 0.2) is 11.2 Å². The normalized spacial score (nSPS) is 16.2. The number of aryl methyl sites for hydroxylation is 1. The summed E-state index contributed by atoms with van der Waals surface area (Å²) in [7, 11) is 3.06. The molecule has 0 aliphatic carbocycles. The smallest absolute Gasteiger partial charge is 0.333 e. The van der Waals surface area contributed by atoms with Crippen molar-refractivity contribution in [3.8, 4) is 17.6 Å². The number of hydrogen-bond acceptors (Lipinski definition) is 8. The summed E-state index contributed by atoms with van der Waals surface area (Å²) in [6.45, 7) is 4.38. The molecule has 2 aromatic heterocycles. The van der Waals surface area contributed by atoms with Gasteiger partial charge < -0.3 is 20.1 Å². The van der Waals surface area contributed by atoms with Crippen molar-refractivity contribution in [1.29, 1.82) is 0 Å². The molecule has 3 heterocycles. The maximum atomic E-state index is 13.6. The van der Waals surface area contributed by atoms with Crippen molar-refractivity contribution in [3.05, 3.63) is 50.7 Å². The quantitative estimate of drug-likeness (QED) is 0.372. The van der Waals surface area contributed by atoms with E-state index < -0.39 is 29.9 Å². The Kier molecular flexibility index (Phi) is 7.69. The Labute approximate surface area is 214 Å². The lowest BCUT2D eigenvalue weighted by atomic mass is 10.1.